The molecule has 0 unspecified atom stereocenters. The molecule has 0 amide bonds. The van der Waals surface area contributed by atoms with Crippen LogP contribution in [-0.4, -0.2) is 11.1 Å². The summed E-state index contributed by atoms with van der Waals surface area (Å²) in [5.41, 5.74) is 6.84. The molecule has 3 N–H and O–H groups in total. The molecule has 1 aromatic heterocycles. The van der Waals surface area contributed by atoms with Crippen LogP contribution < -0.4 is 15.8 Å². The summed E-state index contributed by atoms with van der Waals surface area (Å²) in [5, 5.41) is 3.02. The highest BCUT2D eigenvalue weighted by atomic mass is 79.9. The van der Waals surface area contributed by atoms with Crippen LogP contribution in [0.1, 0.15) is 13.8 Å². The number of nitrogens with two attached hydrogens (primary N) is 1. The molecule has 4 nitrogen and oxygen atoms in total. The summed E-state index contributed by atoms with van der Waals surface area (Å²) in [5.74, 6) is 0.559. The van der Waals surface area contributed by atoms with Crippen molar-refractivity contribution in [2.75, 3.05) is 11.1 Å². The minimum Gasteiger partial charge on any atom is -0.473 e. The Bertz CT molecular complexity index is 619. The lowest BCUT2D eigenvalue weighted by molar-refractivity contribution is 0.234. The molecule has 106 valence electrons. The Hall–Kier alpha value is -1.82. The van der Waals surface area contributed by atoms with Crippen molar-refractivity contribution in [1.82, 2.24) is 4.98 Å². The van der Waals surface area contributed by atoms with Crippen LogP contribution >= 0.6 is 15.9 Å². The van der Waals surface area contributed by atoms with Gasteiger partial charge in [-0.05, 0) is 60.1 Å². The van der Waals surface area contributed by atoms with Gasteiger partial charge in [-0.3, -0.25) is 0 Å². The molecule has 0 aliphatic heterocycles. The molecule has 0 aliphatic carbocycles. The van der Waals surface area contributed by atoms with Crippen LogP contribution in [0.15, 0.2) is 34.8 Å². The molecule has 2 aromatic rings. The first-order chi connectivity index (χ1) is 9.45. The molecule has 1 aromatic carbocycles. The first-order valence-corrected chi connectivity index (χ1v) is 6.90. The van der Waals surface area contributed by atoms with E-state index in [0.717, 1.165) is 4.47 Å². The van der Waals surface area contributed by atoms with Gasteiger partial charge in [-0.1, -0.05) is 0 Å². The largest absolute Gasteiger partial charge is 0.473 e. The summed E-state index contributed by atoms with van der Waals surface area (Å²) in [6.07, 6.45) is -0.0269. The molecule has 0 atom stereocenters. The predicted molar refractivity (Wildman–Crippen MR) is 81.8 cm³/mol. The smallest absolute Gasteiger partial charge is 0.239 e. The van der Waals surface area contributed by atoms with E-state index in [4.69, 9.17) is 10.5 Å². The maximum Gasteiger partial charge on any atom is 0.239 e. The average molecular weight is 340 g/mol. The first kappa shape index (κ1) is 14.6. The zero-order valence-corrected chi connectivity index (χ0v) is 12.7. The SMILES string of the molecule is CC(C)Oc1nc(Nc2cc(F)ccc2Br)ccc1N. The van der Waals surface area contributed by atoms with Crippen molar-refractivity contribution >= 4 is 33.1 Å². The summed E-state index contributed by atoms with van der Waals surface area (Å²) < 4.78 is 19.5. The fourth-order valence-electron chi connectivity index (χ4n) is 1.57. The molecule has 20 heavy (non-hydrogen) atoms. The molecule has 0 spiro atoms. The minimum absolute atomic E-state index is 0.0269. The Balaban J connectivity index is 2.27. The van der Waals surface area contributed by atoms with Gasteiger partial charge < -0.3 is 15.8 Å². The molecule has 0 fully saturated rings. The van der Waals surface area contributed by atoms with E-state index in [0.29, 0.717) is 23.1 Å². The van der Waals surface area contributed by atoms with Crippen molar-refractivity contribution in [3.05, 3.63) is 40.6 Å². The number of nitrogens with one attached hydrogen (secondary N) is 1. The number of rotatable bonds is 4. The van der Waals surface area contributed by atoms with Crippen molar-refractivity contribution in [2.24, 2.45) is 0 Å². The van der Waals surface area contributed by atoms with Crippen LogP contribution in [0.25, 0.3) is 0 Å². The second kappa shape index (κ2) is 6.09. The third-order valence-corrected chi connectivity index (χ3v) is 3.12. The number of benzene rings is 1. The van der Waals surface area contributed by atoms with E-state index in [1.165, 1.54) is 12.1 Å². The summed E-state index contributed by atoms with van der Waals surface area (Å²) in [7, 11) is 0. The molecular formula is C14H15BrFN3O. The second-order valence-corrected chi connectivity index (χ2v) is 5.36. The van der Waals surface area contributed by atoms with Gasteiger partial charge in [-0.15, -0.1) is 0 Å². The van der Waals surface area contributed by atoms with Gasteiger partial charge in [-0.2, -0.15) is 4.98 Å². The van der Waals surface area contributed by atoms with Crippen LogP contribution in [0, 0.1) is 5.82 Å². The number of halogens is 2. The molecule has 6 heteroatoms. The van der Waals surface area contributed by atoms with E-state index in [1.54, 1.807) is 18.2 Å². The van der Waals surface area contributed by atoms with Gasteiger partial charge in [0.15, 0.2) is 0 Å². The van der Waals surface area contributed by atoms with E-state index in [9.17, 15) is 4.39 Å². The molecule has 1 heterocycles. The van der Waals surface area contributed by atoms with Gasteiger partial charge in [0, 0.05) is 4.47 Å². The number of nitrogens with zero attached hydrogens (tertiary/aromatic N) is 1. The number of nitrogen functional groups attached to an aromatic ring is 1. The van der Waals surface area contributed by atoms with Gasteiger partial charge in [0.2, 0.25) is 5.88 Å². The Morgan fingerprint density at radius 3 is 2.75 bits per heavy atom. The lowest BCUT2D eigenvalue weighted by Gasteiger charge is -2.13. The van der Waals surface area contributed by atoms with Crippen molar-refractivity contribution in [3.8, 4) is 5.88 Å². The maximum absolute atomic E-state index is 13.2. The predicted octanol–water partition coefficient (Wildman–Crippen LogP) is 4.10. The average Bonchev–Trinajstić information content (AvgIpc) is 2.37. The van der Waals surface area contributed by atoms with Gasteiger partial charge in [0.25, 0.3) is 0 Å². The number of hydrogen-bond donors (Lipinski definition) is 2. The van der Waals surface area contributed by atoms with Crippen molar-refractivity contribution < 1.29 is 9.13 Å². The summed E-state index contributed by atoms with van der Waals surface area (Å²) in [4.78, 5) is 4.28. The minimum atomic E-state index is -0.329. The van der Waals surface area contributed by atoms with E-state index < -0.39 is 0 Å². The van der Waals surface area contributed by atoms with Crippen LogP contribution in [0.4, 0.5) is 21.6 Å². The van der Waals surface area contributed by atoms with Crippen molar-refractivity contribution in [3.63, 3.8) is 0 Å². The van der Waals surface area contributed by atoms with Crippen LogP contribution in [-0.2, 0) is 0 Å². The Kier molecular flexibility index (Phi) is 4.44. The maximum atomic E-state index is 13.2. The van der Waals surface area contributed by atoms with Crippen molar-refractivity contribution in [1.29, 1.82) is 0 Å². The Morgan fingerprint density at radius 2 is 2.05 bits per heavy atom. The van der Waals surface area contributed by atoms with Gasteiger partial charge >= 0.3 is 0 Å². The lowest BCUT2D eigenvalue weighted by Crippen LogP contribution is -2.09. The highest BCUT2D eigenvalue weighted by Crippen LogP contribution is 2.28. The fraction of sp³-hybridized carbons (Fsp3) is 0.214. The molecule has 2 rings (SSSR count). The Morgan fingerprint density at radius 1 is 1.30 bits per heavy atom. The molecular weight excluding hydrogens is 325 g/mol. The van der Waals surface area contributed by atoms with Crippen LogP contribution in [0.2, 0.25) is 0 Å². The summed E-state index contributed by atoms with van der Waals surface area (Å²) >= 11 is 3.35. The van der Waals surface area contributed by atoms with Crippen molar-refractivity contribution in [2.45, 2.75) is 20.0 Å². The van der Waals surface area contributed by atoms with E-state index >= 15 is 0 Å². The van der Waals surface area contributed by atoms with Gasteiger partial charge in [0.05, 0.1) is 17.5 Å². The summed E-state index contributed by atoms with van der Waals surface area (Å²) in [6, 6.07) is 7.78. The number of pyridine rings is 1. The normalized spacial score (nSPS) is 10.7. The zero-order chi connectivity index (χ0) is 14.7. The molecule has 0 aliphatic rings. The van der Waals surface area contributed by atoms with E-state index in [-0.39, 0.29) is 11.9 Å². The third kappa shape index (κ3) is 3.60. The van der Waals surface area contributed by atoms with E-state index in [1.807, 2.05) is 13.8 Å². The first-order valence-electron chi connectivity index (χ1n) is 6.11. The van der Waals surface area contributed by atoms with Crippen LogP contribution in [0.3, 0.4) is 0 Å². The Labute approximate surface area is 125 Å². The quantitative estimate of drug-likeness (QED) is 0.880. The number of anilines is 3. The highest BCUT2D eigenvalue weighted by molar-refractivity contribution is 9.10. The summed E-state index contributed by atoms with van der Waals surface area (Å²) in [6.45, 7) is 3.79. The number of aromatic nitrogens is 1. The third-order valence-electron chi connectivity index (χ3n) is 2.43. The van der Waals surface area contributed by atoms with Crippen LogP contribution in [0.5, 0.6) is 5.88 Å². The zero-order valence-electron chi connectivity index (χ0n) is 11.2. The highest BCUT2D eigenvalue weighted by Gasteiger charge is 2.08. The topological polar surface area (TPSA) is 60.2 Å². The second-order valence-electron chi connectivity index (χ2n) is 4.51. The monoisotopic (exact) mass is 339 g/mol. The molecule has 0 bridgehead atoms. The van der Waals surface area contributed by atoms with Gasteiger partial charge in [0.1, 0.15) is 11.6 Å². The number of hydrogen-bond acceptors (Lipinski definition) is 4. The van der Waals surface area contributed by atoms with Gasteiger partial charge in [-0.25, -0.2) is 4.39 Å². The molecule has 0 saturated heterocycles. The molecule has 0 saturated carbocycles. The molecule has 0 radical (unpaired) electrons. The standard InChI is InChI=1S/C14H15BrFN3O/c1-8(2)20-14-11(17)5-6-13(19-14)18-12-7-9(16)3-4-10(12)15/h3-8H,17H2,1-2H3,(H,18,19). The lowest BCUT2D eigenvalue weighted by atomic mass is 10.3. The number of ether oxygens (including phenoxy) is 1. The van der Waals surface area contributed by atoms with E-state index in [2.05, 4.69) is 26.2 Å². The fourth-order valence-corrected chi connectivity index (χ4v) is 1.92.